The Kier molecular flexibility index (Phi) is 5.94. The van der Waals surface area contributed by atoms with E-state index >= 15 is 0 Å². The third-order valence-electron chi connectivity index (χ3n) is 3.80. The normalized spacial score (nSPS) is 11.0. The summed E-state index contributed by atoms with van der Waals surface area (Å²) < 4.78 is 2.06. The van der Waals surface area contributed by atoms with Gasteiger partial charge < -0.3 is 5.32 Å². The van der Waals surface area contributed by atoms with Gasteiger partial charge in [-0.1, -0.05) is 49.9 Å². The summed E-state index contributed by atoms with van der Waals surface area (Å²) in [5, 5.41) is 5.80. The maximum atomic E-state index is 12.1. The van der Waals surface area contributed by atoms with Crippen molar-refractivity contribution in [3.05, 3.63) is 64.6 Å². The van der Waals surface area contributed by atoms with Crippen molar-refractivity contribution >= 4 is 29.0 Å². The van der Waals surface area contributed by atoms with Crippen molar-refractivity contribution in [1.29, 1.82) is 0 Å². The van der Waals surface area contributed by atoms with Gasteiger partial charge in [-0.25, -0.2) is 4.98 Å². The number of para-hydroxylation sites is 1. The fourth-order valence-corrected chi connectivity index (χ4v) is 4.00. The smallest absolute Gasteiger partial charge is 0.230 e. The van der Waals surface area contributed by atoms with Crippen LogP contribution in [0.2, 0.25) is 0 Å². The van der Waals surface area contributed by atoms with E-state index in [2.05, 4.69) is 46.9 Å². The molecule has 0 aliphatic carbocycles. The molecule has 2 aromatic heterocycles. The van der Waals surface area contributed by atoms with Crippen LogP contribution in [-0.2, 0) is 11.3 Å². The number of hydrogen-bond acceptors (Lipinski definition) is 4. The summed E-state index contributed by atoms with van der Waals surface area (Å²) >= 11 is 3.10. The highest BCUT2D eigenvalue weighted by atomic mass is 32.2. The van der Waals surface area contributed by atoms with Gasteiger partial charge in [-0.3, -0.25) is 9.36 Å². The second-order valence-electron chi connectivity index (χ2n) is 5.94. The molecule has 0 unspecified atom stereocenters. The topological polar surface area (TPSA) is 46.9 Å². The average Bonchev–Trinajstić information content (AvgIpc) is 3.29. The first-order valence-electron chi connectivity index (χ1n) is 8.19. The van der Waals surface area contributed by atoms with Crippen molar-refractivity contribution in [3.63, 3.8) is 0 Å². The third-order valence-corrected chi connectivity index (χ3v) is 5.64. The largest absolute Gasteiger partial charge is 0.350 e. The summed E-state index contributed by atoms with van der Waals surface area (Å²) in [6.45, 7) is 4.95. The molecule has 0 bridgehead atoms. The number of imidazole rings is 1. The van der Waals surface area contributed by atoms with Crippen molar-refractivity contribution in [2.45, 2.75) is 31.5 Å². The summed E-state index contributed by atoms with van der Waals surface area (Å²) in [5.41, 5.74) is 2.39. The van der Waals surface area contributed by atoms with E-state index < -0.39 is 0 Å². The number of aromatic nitrogens is 2. The number of nitrogens with zero attached hydrogens (tertiary/aromatic N) is 2. The molecule has 0 aliphatic heterocycles. The number of benzene rings is 1. The molecule has 130 valence electrons. The van der Waals surface area contributed by atoms with Crippen LogP contribution in [0.25, 0.3) is 5.69 Å². The molecule has 0 saturated carbocycles. The SMILES string of the molecule is CC(C)c1ccccc1-n1ccnc1SCC(=O)NCc1cccs1. The lowest BCUT2D eigenvalue weighted by Crippen LogP contribution is -2.24. The highest BCUT2D eigenvalue weighted by Gasteiger charge is 2.13. The Hall–Kier alpha value is -2.05. The van der Waals surface area contributed by atoms with E-state index in [1.165, 1.54) is 17.3 Å². The lowest BCUT2D eigenvalue weighted by molar-refractivity contribution is -0.118. The Bertz CT molecular complexity index is 825. The summed E-state index contributed by atoms with van der Waals surface area (Å²) in [6, 6.07) is 12.3. The maximum Gasteiger partial charge on any atom is 0.230 e. The molecule has 0 aliphatic rings. The van der Waals surface area contributed by atoms with Crippen LogP contribution < -0.4 is 5.32 Å². The molecule has 0 radical (unpaired) electrons. The van der Waals surface area contributed by atoms with Gasteiger partial charge in [-0.15, -0.1) is 11.3 Å². The zero-order chi connectivity index (χ0) is 17.6. The predicted molar refractivity (Wildman–Crippen MR) is 105 cm³/mol. The number of hydrogen-bond donors (Lipinski definition) is 1. The minimum absolute atomic E-state index is 0.0186. The number of thioether (sulfide) groups is 1. The van der Waals surface area contributed by atoms with Gasteiger partial charge >= 0.3 is 0 Å². The van der Waals surface area contributed by atoms with E-state index in [0.29, 0.717) is 18.2 Å². The molecule has 0 spiro atoms. The van der Waals surface area contributed by atoms with Crippen LogP contribution in [0.3, 0.4) is 0 Å². The fraction of sp³-hybridized carbons (Fsp3) is 0.263. The monoisotopic (exact) mass is 371 g/mol. The van der Waals surface area contributed by atoms with Crippen molar-refractivity contribution in [2.24, 2.45) is 0 Å². The van der Waals surface area contributed by atoms with Crippen LogP contribution in [0, 0.1) is 0 Å². The predicted octanol–water partition coefficient (Wildman–Crippen LogP) is 4.47. The van der Waals surface area contributed by atoms with Crippen LogP contribution in [0.1, 0.15) is 30.2 Å². The molecule has 3 rings (SSSR count). The summed E-state index contributed by atoms with van der Waals surface area (Å²) in [5.74, 6) is 0.794. The van der Waals surface area contributed by atoms with Gasteiger partial charge in [-0.05, 0) is 29.0 Å². The molecule has 0 atom stereocenters. The Labute approximate surface area is 156 Å². The first-order valence-corrected chi connectivity index (χ1v) is 10.1. The summed E-state index contributed by atoms with van der Waals surface area (Å²) in [7, 11) is 0. The molecular weight excluding hydrogens is 350 g/mol. The van der Waals surface area contributed by atoms with E-state index in [0.717, 1.165) is 15.7 Å². The number of rotatable bonds is 7. The van der Waals surface area contributed by atoms with Crippen LogP contribution in [0.4, 0.5) is 0 Å². The van der Waals surface area contributed by atoms with E-state index in [1.54, 1.807) is 17.5 Å². The zero-order valence-electron chi connectivity index (χ0n) is 14.3. The molecule has 1 N–H and O–H groups in total. The number of nitrogens with one attached hydrogen (secondary N) is 1. The standard InChI is InChI=1S/C19H21N3OS2/c1-14(2)16-7-3-4-8-17(16)22-10-9-20-19(22)25-13-18(23)21-12-15-6-5-11-24-15/h3-11,14H,12-13H2,1-2H3,(H,21,23). The highest BCUT2D eigenvalue weighted by molar-refractivity contribution is 7.99. The quantitative estimate of drug-likeness (QED) is 0.624. The molecule has 1 amide bonds. The molecule has 0 fully saturated rings. The minimum atomic E-state index is 0.0186. The van der Waals surface area contributed by atoms with Gasteiger partial charge in [0.15, 0.2) is 5.16 Å². The van der Waals surface area contributed by atoms with Gasteiger partial charge in [-0.2, -0.15) is 0 Å². The Balaban J connectivity index is 1.65. The Morgan fingerprint density at radius 1 is 1.28 bits per heavy atom. The molecule has 0 saturated heterocycles. The van der Waals surface area contributed by atoms with E-state index in [1.807, 2.05) is 29.8 Å². The molecular formula is C19H21N3OS2. The second kappa shape index (κ2) is 8.36. The van der Waals surface area contributed by atoms with Crippen molar-refractivity contribution in [2.75, 3.05) is 5.75 Å². The van der Waals surface area contributed by atoms with Crippen LogP contribution >= 0.6 is 23.1 Å². The Morgan fingerprint density at radius 3 is 2.88 bits per heavy atom. The van der Waals surface area contributed by atoms with Gasteiger partial charge in [0.2, 0.25) is 5.91 Å². The lowest BCUT2D eigenvalue weighted by atomic mass is 10.0. The highest BCUT2D eigenvalue weighted by Crippen LogP contribution is 2.27. The molecule has 1 aromatic carbocycles. The molecule has 2 heterocycles. The third kappa shape index (κ3) is 4.52. The fourth-order valence-electron chi connectivity index (χ4n) is 2.56. The number of carbonyl (C=O) groups excluding carboxylic acids is 1. The first kappa shape index (κ1) is 17.8. The van der Waals surface area contributed by atoms with Gasteiger partial charge in [0.05, 0.1) is 18.0 Å². The summed E-state index contributed by atoms with van der Waals surface area (Å²) in [4.78, 5) is 17.7. The maximum absolute atomic E-state index is 12.1. The Morgan fingerprint density at radius 2 is 2.12 bits per heavy atom. The molecule has 4 nitrogen and oxygen atoms in total. The van der Waals surface area contributed by atoms with Gasteiger partial charge in [0.1, 0.15) is 0 Å². The summed E-state index contributed by atoms with van der Waals surface area (Å²) in [6.07, 6.45) is 3.73. The zero-order valence-corrected chi connectivity index (χ0v) is 15.9. The van der Waals surface area contributed by atoms with Crippen molar-refractivity contribution in [3.8, 4) is 5.69 Å². The van der Waals surface area contributed by atoms with Crippen LogP contribution in [0.5, 0.6) is 0 Å². The van der Waals surface area contributed by atoms with Gasteiger partial charge in [0.25, 0.3) is 0 Å². The average molecular weight is 372 g/mol. The number of thiophene rings is 1. The van der Waals surface area contributed by atoms with Crippen molar-refractivity contribution < 1.29 is 4.79 Å². The molecule has 3 aromatic rings. The minimum Gasteiger partial charge on any atom is -0.350 e. The van der Waals surface area contributed by atoms with E-state index in [-0.39, 0.29) is 5.91 Å². The molecule has 6 heteroatoms. The van der Waals surface area contributed by atoms with Crippen LogP contribution in [0.15, 0.2) is 59.3 Å². The van der Waals surface area contributed by atoms with E-state index in [4.69, 9.17) is 0 Å². The molecule has 25 heavy (non-hydrogen) atoms. The van der Waals surface area contributed by atoms with Gasteiger partial charge in [0, 0.05) is 17.3 Å². The van der Waals surface area contributed by atoms with Crippen molar-refractivity contribution in [1.82, 2.24) is 14.9 Å². The lowest BCUT2D eigenvalue weighted by Gasteiger charge is -2.15. The second-order valence-corrected chi connectivity index (χ2v) is 7.91. The van der Waals surface area contributed by atoms with E-state index in [9.17, 15) is 4.79 Å². The van der Waals surface area contributed by atoms with Crippen LogP contribution in [-0.4, -0.2) is 21.2 Å². The first-order chi connectivity index (χ1) is 12.1. The number of carbonyl (C=O) groups is 1. The number of amides is 1.